The van der Waals surface area contributed by atoms with Gasteiger partial charge in [-0.25, -0.2) is 4.79 Å². The molecule has 0 saturated carbocycles. The smallest absolute Gasteiger partial charge is 0.319 e. The number of halogens is 1. The quantitative estimate of drug-likeness (QED) is 0.618. The van der Waals surface area contributed by atoms with E-state index in [0.29, 0.717) is 30.9 Å². The summed E-state index contributed by atoms with van der Waals surface area (Å²) in [6.07, 6.45) is 0.761. The SMILES string of the molecule is Cc1ccc(C(=O)N(CCN)CCc2ccccc2)cc1NC(=O)NC(C)(C)C.Cl. The van der Waals surface area contributed by atoms with Crippen LogP contribution in [0.5, 0.6) is 0 Å². The molecule has 2 aromatic rings. The highest BCUT2D eigenvalue weighted by Gasteiger charge is 2.18. The number of nitrogens with one attached hydrogen (secondary N) is 2. The first kappa shape index (κ1) is 25.5. The van der Waals surface area contributed by atoms with Crippen molar-refractivity contribution < 1.29 is 9.59 Å². The molecule has 0 heterocycles. The van der Waals surface area contributed by atoms with Gasteiger partial charge in [0.2, 0.25) is 0 Å². The minimum Gasteiger partial charge on any atom is -0.337 e. The van der Waals surface area contributed by atoms with Gasteiger partial charge in [-0.2, -0.15) is 0 Å². The number of anilines is 1. The molecule has 4 N–H and O–H groups in total. The lowest BCUT2D eigenvalue weighted by Gasteiger charge is -2.23. The molecule has 164 valence electrons. The summed E-state index contributed by atoms with van der Waals surface area (Å²) in [5.74, 6) is -0.0920. The lowest BCUT2D eigenvalue weighted by Crippen LogP contribution is -2.43. The molecule has 0 spiro atoms. The lowest BCUT2D eigenvalue weighted by molar-refractivity contribution is 0.0762. The topological polar surface area (TPSA) is 87.5 Å². The number of carbonyl (C=O) groups is 2. The summed E-state index contributed by atoms with van der Waals surface area (Å²) in [5.41, 5.74) is 8.60. The fourth-order valence-electron chi connectivity index (χ4n) is 2.95. The molecule has 0 aliphatic heterocycles. The number of amides is 3. The van der Waals surface area contributed by atoms with E-state index in [2.05, 4.69) is 10.6 Å². The van der Waals surface area contributed by atoms with Crippen molar-refractivity contribution in [2.24, 2.45) is 5.73 Å². The second kappa shape index (κ2) is 11.6. The Labute approximate surface area is 185 Å². The summed E-state index contributed by atoms with van der Waals surface area (Å²) in [6, 6.07) is 15.1. The van der Waals surface area contributed by atoms with Gasteiger partial charge < -0.3 is 21.3 Å². The van der Waals surface area contributed by atoms with Crippen molar-refractivity contribution in [3.8, 4) is 0 Å². The minimum absolute atomic E-state index is 0. The van der Waals surface area contributed by atoms with Crippen LogP contribution in [0.15, 0.2) is 48.5 Å². The normalized spacial score (nSPS) is 10.7. The average molecular weight is 433 g/mol. The average Bonchev–Trinajstić information content (AvgIpc) is 2.65. The number of rotatable bonds is 7. The number of benzene rings is 2. The largest absolute Gasteiger partial charge is 0.337 e. The number of aryl methyl sites for hydroxylation is 1. The number of nitrogens with zero attached hydrogens (tertiary/aromatic N) is 1. The van der Waals surface area contributed by atoms with Crippen molar-refractivity contribution in [3.05, 3.63) is 65.2 Å². The first-order valence-electron chi connectivity index (χ1n) is 9.92. The molecule has 0 aliphatic carbocycles. The van der Waals surface area contributed by atoms with Gasteiger partial charge in [-0.05, 0) is 57.4 Å². The Bertz CT molecular complexity index is 835. The van der Waals surface area contributed by atoms with Crippen molar-refractivity contribution in [3.63, 3.8) is 0 Å². The Balaban J connectivity index is 0.00000450. The molecule has 0 bridgehead atoms. The van der Waals surface area contributed by atoms with E-state index in [9.17, 15) is 9.59 Å². The summed E-state index contributed by atoms with van der Waals surface area (Å²) >= 11 is 0. The maximum absolute atomic E-state index is 13.1. The van der Waals surface area contributed by atoms with Gasteiger partial charge >= 0.3 is 6.03 Å². The molecular formula is C23H33ClN4O2. The van der Waals surface area contributed by atoms with Crippen LogP contribution in [0, 0.1) is 6.92 Å². The first-order valence-corrected chi connectivity index (χ1v) is 9.92. The lowest BCUT2D eigenvalue weighted by atomic mass is 10.1. The number of nitrogens with two attached hydrogens (primary N) is 1. The van der Waals surface area contributed by atoms with E-state index in [1.165, 1.54) is 5.56 Å². The molecule has 0 aromatic heterocycles. The van der Waals surface area contributed by atoms with Gasteiger partial charge in [0.25, 0.3) is 5.91 Å². The molecule has 0 atom stereocenters. The van der Waals surface area contributed by atoms with Crippen LogP contribution in [0.4, 0.5) is 10.5 Å². The third-order valence-corrected chi connectivity index (χ3v) is 4.42. The van der Waals surface area contributed by atoms with E-state index < -0.39 is 0 Å². The molecule has 0 aliphatic rings. The summed E-state index contributed by atoms with van der Waals surface area (Å²) in [4.78, 5) is 27.1. The Morgan fingerprint density at radius 1 is 1.03 bits per heavy atom. The summed E-state index contributed by atoms with van der Waals surface area (Å²) in [6.45, 7) is 9.10. The van der Waals surface area contributed by atoms with Crippen LogP contribution in [0.25, 0.3) is 0 Å². The van der Waals surface area contributed by atoms with Gasteiger partial charge in [0, 0.05) is 36.4 Å². The number of carbonyl (C=O) groups excluding carboxylic acids is 2. The number of hydrogen-bond donors (Lipinski definition) is 3. The first-order chi connectivity index (χ1) is 13.7. The van der Waals surface area contributed by atoms with Gasteiger partial charge in [-0.1, -0.05) is 36.4 Å². The van der Waals surface area contributed by atoms with Crippen LogP contribution >= 0.6 is 12.4 Å². The molecule has 0 fully saturated rings. The van der Waals surface area contributed by atoms with Crippen LogP contribution in [-0.4, -0.2) is 42.0 Å². The van der Waals surface area contributed by atoms with Crippen LogP contribution in [0.2, 0.25) is 0 Å². The fourth-order valence-corrected chi connectivity index (χ4v) is 2.95. The minimum atomic E-state index is -0.346. The van der Waals surface area contributed by atoms with Gasteiger partial charge in [-0.15, -0.1) is 12.4 Å². The maximum Gasteiger partial charge on any atom is 0.319 e. The van der Waals surface area contributed by atoms with Gasteiger partial charge in [0.15, 0.2) is 0 Å². The highest BCUT2D eigenvalue weighted by Crippen LogP contribution is 2.19. The zero-order valence-corrected chi connectivity index (χ0v) is 19.0. The highest BCUT2D eigenvalue weighted by molar-refractivity contribution is 5.97. The van der Waals surface area contributed by atoms with Crippen LogP contribution in [0.3, 0.4) is 0 Å². The van der Waals surface area contributed by atoms with E-state index in [4.69, 9.17) is 5.73 Å². The third-order valence-electron chi connectivity index (χ3n) is 4.42. The van der Waals surface area contributed by atoms with E-state index in [1.54, 1.807) is 17.0 Å². The van der Waals surface area contributed by atoms with Crippen molar-refractivity contribution in [1.82, 2.24) is 10.2 Å². The predicted molar refractivity (Wildman–Crippen MR) is 125 cm³/mol. The Morgan fingerprint density at radius 2 is 1.70 bits per heavy atom. The second-order valence-corrected chi connectivity index (χ2v) is 8.18. The zero-order valence-electron chi connectivity index (χ0n) is 18.2. The Morgan fingerprint density at radius 3 is 2.30 bits per heavy atom. The standard InChI is InChI=1S/C23H32N4O2.ClH/c1-17-10-11-19(16-20(17)25-22(29)26-23(2,3)4)21(28)27(15-13-24)14-12-18-8-6-5-7-9-18;/h5-11,16H,12-15,24H2,1-4H3,(H2,25,26,29);1H. The van der Waals surface area contributed by atoms with Gasteiger partial charge in [-0.3, -0.25) is 4.79 Å². The molecule has 3 amide bonds. The molecule has 30 heavy (non-hydrogen) atoms. The van der Waals surface area contributed by atoms with Crippen LogP contribution in [-0.2, 0) is 6.42 Å². The van der Waals surface area contributed by atoms with Crippen molar-refractivity contribution in [2.75, 3.05) is 25.0 Å². The molecule has 7 heteroatoms. The monoisotopic (exact) mass is 432 g/mol. The molecular weight excluding hydrogens is 400 g/mol. The fraction of sp³-hybridized carbons (Fsp3) is 0.391. The maximum atomic E-state index is 13.1. The van der Waals surface area contributed by atoms with E-state index in [1.807, 2.05) is 64.1 Å². The second-order valence-electron chi connectivity index (χ2n) is 8.18. The number of hydrogen-bond acceptors (Lipinski definition) is 3. The predicted octanol–water partition coefficient (Wildman–Crippen LogP) is 3.98. The number of urea groups is 1. The molecule has 6 nitrogen and oxygen atoms in total. The molecule has 2 rings (SSSR count). The third kappa shape index (κ3) is 8.05. The molecule has 0 radical (unpaired) electrons. The van der Waals surface area contributed by atoms with Gasteiger partial charge in [0.1, 0.15) is 0 Å². The van der Waals surface area contributed by atoms with E-state index in [-0.39, 0.29) is 29.9 Å². The molecule has 0 unspecified atom stereocenters. The highest BCUT2D eigenvalue weighted by atomic mass is 35.5. The Kier molecular flexibility index (Phi) is 9.82. The van der Waals surface area contributed by atoms with E-state index in [0.717, 1.165) is 12.0 Å². The van der Waals surface area contributed by atoms with Crippen molar-refractivity contribution in [1.29, 1.82) is 0 Å². The van der Waals surface area contributed by atoms with E-state index >= 15 is 0 Å². The van der Waals surface area contributed by atoms with Crippen molar-refractivity contribution in [2.45, 2.75) is 39.7 Å². The Hall–Kier alpha value is -2.57. The van der Waals surface area contributed by atoms with Gasteiger partial charge in [0.05, 0.1) is 0 Å². The zero-order chi connectivity index (χ0) is 21.4. The summed E-state index contributed by atoms with van der Waals surface area (Å²) in [5, 5.41) is 5.71. The molecule has 2 aromatic carbocycles. The summed E-state index contributed by atoms with van der Waals surface area (Å²) < 4.78 is 0. The molecule has 0 saturated heterocycles. The summed E-state index contributed by atoms with van der Waals surface area (Å²) in [7, 11) is 0. The van der Waals surface area contributed by atoms with Crippen LogP contribution < -0.4 is 16.4 Å². The van der Waals surface area contributed by atoms with Crippen LogP contribution in [0.1, 0.15) is 42.3 Å². The van der Waals surface area contributed by atoms with Crippen molar-refractivity contribution >= 4 is 30.0 Å².